The Morgan fingerprint density at radius 1 is 1.33 bits per heavy atom. The molecule has 0 unspecified atom stereocenters. The Labute approximate surface area is 121 Å². The van der Waals surface area contributed by atoms with Crippen LogP contribution in [-0.2, 0) is 17.9 Å². The first-order valence-corrected chi connectivity index (χ1v) is 6.31. The van der Waals surface area contributed by atoms with Crippen LogP contribution >= 0.6 is 0 Å². The zero-order valence-electron chi connectivity index (χ0n) is 11.6. The van der Waals surface area contributed by atoms with Crippen molar-refractivity contribution < 1.29 is 9.66 Å². The lowest BCUT2D eigenvalue weighted by molar-refractivity contribution is -0.384. The van der Waals surface area contributed by atoms with E-state index in [4.69, 9.17) is 10.5 Å². The molecule has 0 radical (unpaired) electrons. The van der Waals surface area contributed by atoms with Crippen LogP contribution in [0.15, 0.2) is 36.4 Å². The van der Waals surface area contributed by atoms with Crippen molar-refractivity contribution in [3.63, 3.8) is 0 Å². The highest BCUT2D eigenvalue weighted by molar-refractivity contribution is 5.57. The molecule has 0 saturated carbocycles. The number of nitrogens with zero attached hydrogens (tertiary/aromatic N) is 2. The van der Waals surface area contributed by atoms with Gasteiger partial charge in [0.25, 0.3) is 0 Å². The zero-order valence-corrected chi connectivity index (χ0v) is 11.6. The number of anilines is 2. The molecule has 0 amide bonds. The maximum atomic E-state index is 10.7. The van der Waals surface area contributed by atoms with Crippen LogP contribution in [0.3, 0.4) is 0 Å². The number of nitrogen functional groups attached to an aromatic ring is 1. The number of aromatic nitrogens is 1. The van der Waals surface area contributed by atoms with E-state index in [-0.39, 0.29) is 11.5 Å². The summed E-state index contributed by atoms with van der Waals surface area (Å²) in [5, 5.41) is 13.7. The molecular formula is C14H16N4O3. The summed E-state index contributed by atoms with van der Waals surface area (Å²) in [6.07, 6.45) is 0. The summed E-state index contributed by atoms with van der Waals surface area (Å²) >= 11 is 0. The first kappa shape index (κ1) is 14.7. The summed E-state index contributed by atoms with van der Waals surface area (Å²) in [6.45, 7) is 1.10. The molecule has 0 bridgehead atoms. The molecule has 1 heterocycles. The van der Waals surface area contributed by atoms with Gasteiger partial charge in [-0.3, -0.25) is 10.1 Å². The van der Waals surface area contributed by atoms with E-state index in [2.05, 4.69) is 10.3 Å². The highest BCUT2D eigenvalue weighted by Crippen LogP contribution is 2.21. The van der Waals surface area contributed by atoms with Gasteiger partial charge >= 0.3 is 5.69 Å². The Morgan fingerprint density at radius 2 is 2.10 bits per heavy atom. The van der Waals surface area contributed by atoms with Gasteiger partial charge in [-0.05, 0) is 17.2 Å². The molecule has 21 heavy (non-hydrogen) atoms. The van der Waals surface area contributed by atoms with Gasteiger partial charge in [-0.25, -0.2) is 4.98 Å². The summed E-state index contributed by atoms with van der Waals surface area (Å²) < 4.78 is 5.08. The quantitative estimate of drug-likeness (QED) is 0.624. The second-order valence-corrected chi connectivity index (χ2v) is 4.46. The smallest absolute Gasteiger partial charge is 0.311 e. The molecule has 0 aliphatic heterocycles. The fourth-order valence-corrected chi connectivity index (χ4v) is 1.91. The minimum absolute atomic E-state index is 0.0990. The van der Waals surface area contributed by atoms with Crippen molar-refractivity contribution in [3.05, 3.63) is 57.6 Å². The van der Waals surface area contributed by atoms with Crippen LogP contribution < -0.4 is 11.1 Å². The van der Waals surface area contributed by atoms with Crippen molar-refractivity contribution in [3.8, 4) is 0 Å². The minimum Gasteiger partial charge on any atom is -0.380 e. The molecule has 0 aliphatic carbocycles. The van der Waals surface area contributed by atoms with E-state index in [1.165, 1.54) is 12.1 Å². The average molecular weight is 288 g/mol. The SMILES string of the molecule is COCc1cccc(CNc2ccc([N+](=O)[O-])c(N)n2)c1. The predicted molar refractivity (Wildman–Crippen MR) is 79.8 cm³/mol. The highest BCUT2D eigenvalue weighted by atomic mass is 16.6. The molecular weight excluding hydrogens is 272 g/mol. The lowest BCUT2D eigenvalue weighted by Crippen LogP contribution is -2.05. The lowest BCUT2D eigenvalue weighted by atomic mass is 10.1. The largest absolute Gasteiger partial charge is 0.380 e. The summed E-state index contributed by atoms with van der Waals surface area (Å²) in [6, 6.07) is 10.8. The second kappa shape index (κ2) is 6.67. The fourth-order valence-electron chi connectivity index (χ4n) is 1.91. The Bertz CT molecular complexity index is 646. The van der Waals surface area contributed by atoms with Crippen LogP contribution in [0, 0.1) is 10.1 Å². The van der Waals surface area contributed by atoms with Crippen LogP contribution in [0.5, 0.6) is 0 Å². The third kappa shape index (κ3) is 3.90. The van der Waals surface area contributed by atoms with E-state index < -0.39 is 4.92 Å². The molecule has 3 N–H and O–H groups in total. The summed E-state index contributed by atoms with van der Waals surface area (Å²) in [5.74, 6) is 0.397. The van der Waals surface area contributed by atoms with Gasteiger partial charge < -0.3 is 15.8 Å². The number of nitro groups is 1. The molecule has 2 rings (SSSR count). The third-order valence-electron chi connectivity index (χ3n) is 2.88. The molecule has 1 aromatic carbocycles. The molecule has 0 atom stereocenters. The van der Waals surface area contributed by atoms with Gasteiger partial charge in [0.15, 0.2) is 0 Å². The van der Waals surface area contributed by atoms with Crippen LogP contribution in [0.4, 0.5) is 17.3 Å². The van der Waals surface area contributed by atoms with Crippen LogP contribution in [0.2, 0.25) is 0 Å². The third-order valence-corrected chi connectivity index (χ3v) is 2.88. The van der Waals surface area contributed by atoms with E-state index in [0.29, 0.717) is 19.0 Å². The predicted octanol–water partition coefficient (Wildman–Crippen LogP) is 2.33. The monoisotopic (exact) mass is 288 g/mol. The summed E-state index contributed by atoms with van der Waals surface area (Å²) in [7, 11) is 1.65. The summed E-state index contributed by atoms with van der Waals surface area (Å²) in [5.41, 5.74) is 7.49. The van der Waals surface area contributed by atoms with Gasteiger partial charge in [0.2, 0.25) is 5.82 Å². The number of nitrogens with one attached hydrogen (secondary N) is 1. The van der Waals surface area contributed by atoms with E-state index in [1.54, 1.807) is 7.11 Å². The first-order valence-electron chi connectivity index (χ1n) is 6.31. The number of ether oxygens (including phenoxy) is 1. The maximum absolute atomic E-state index is 10.7. The van der Waals surface area contributed by atoms with Crippen molar-refractivity contribution in [1.82, 2.24) is 4.98 Å². The van der Waals surface area contributed by atoms with Gasteiger partial charge in [0.05, 0.1) is 11.5 Å². The normalized spacial score (nSPS) is 10.3. The molecule has 1 aromatic heterocycles. The molecule has 0 fully saturated rings. The van der Waals surface area contributed by atoms with Crippen molar-refractivity contribution >= 4 is 17.3 Å². The number of benzene rings is 1. The fraction of sp³-hybridized carbons (Fsp3) is 0.214. The van der Waals surface area contributed by atoms with Gasteiger partial charge in [0.1, 0.15) is 5.82 Å². The molecule has 7 heteroatoms. The van der Waals surface area contributed by atoms with E-state index in [0.717, 1.165) is 11.1 Å². The van der Waals surface area contributed by atoms with Crippen molar-refractivity contribution in [1.29, 1.82) is 0 Å². The molecule has 0 aliphatic rings. The number of hydrogen-bond donors (Lipinski definition) is 2. The molecule has 2 aromatic rings. The van der Waals surface area contributed by atoms with Gasteiger partial charge in [-0.1, -0.05) is 24.3 Å². The van der Waals surface area contributed by atoms with Crippen LogP contribution in [0.1, 0.15) is 11.1 Å². The molecule has 110 valence electrons. The van der Waals surface area contributed by atoms with E-state index >= 15 is 0 Å². The van der Waals surface area contributed by atoms with Crippen molar-refractivity contribution in [2.75, 3.05) is 18.2 Å². The number of nitrogens with two attached hydrogens (primary N) is 1. The number of methoxy groups -OCH3 is 1. The lowest BCUT2D eigenvalue weighted by Gasteiger charge is -2.08. The number of pyridine rings is 1. The average Bonchev–Trinajstić information content (AvgIpc) is 2.45. The standard InChI is InChI=1S/C14H16N4O3/c1-21-9-11-4-2-3-10(7-11)8-16-13-6-5-12(18(19)20)14(15)17-13/h2-7H,8-9H2,1H3,(H3,15,16,17). The topological polar surface area (TPSA) is 103 Å². The Kier molecular flexibility index (Phi) is 4.68. The second-order valence-electron chi connectivity index (χ2n) is 4.46. The highest BCUT2D eigenvalue weighted by Gasteiger charge is 2.12. The Balaban J connectivity index is 2.04. The number of hydrogen-bond acceptors (Lipinski definition) is 6. The van der Waals surface area contributed by atoms with Crippen LogP contribution in [0.25, 0.3) is 0 Å². The Hall–Kier alpha value is -2.67. The van der Waals surface area contributed by atoms with E-state index in [9.17, 15) is 10.1 Å². The molecule has 0 spiro atoms. The number of rotatable bonds is 6. The van der Waals surface area contributed by atoms with Crippen molar-refractivity contribution in [2.45, 2.75) is 13.2 Å². The molecule has 7 nitrogen and oxygen atoms in total. The van der Waals surface area contributed by atoms with Gasteiger partial charge in [0, 0.05) is 19.7 Å². The summed E-state index contributed by atoms with van der Waals surface area (Å²) in [4.78, 5) is 14.1. The zero-order chi connectivity index (χ0) is 15.2. The van der Waals surface area contributed by atoms with Gasteiger partial charge in [-0.15, -0.1) is 0 Å². The Morgan fingerprint density at radius 3 is 2.76 bits per heavy atom. The maximum Gasteiger partial charge on any atom is 0.311 e. The molecule has 0 saturated heterocycles. The first-order chi connectivity index (χ1) is 10.1. The van der Waals surface area contributed by atoms with Crippen molar-refractivity contribution in [2.24, 2.45) is 0 Å². The van der Waals surface area contributed by atoms with Gasteiger partial charge in [-0.2, -0.15) is 0 Å². The minimum atomic E-state index is -0.555. The van der Waals surface area contributed by atoms with Crippen LogP contribution in [-0.4, -0.2) is 17.0 Å². The van der Waals surface area contributed by atoms with E-state index in [1.807, 2.05) is 24.3 Å².